The zero-order valence-corrected chi connectivity index (χ0v) is 5.62. The summed E-state index contributed by atoms with van der Waals surface area (Å²) in [6.45, 7) is 5.55. The first-order valence-electron chi connectivity index (χ1n) is 3.14. The van der Waals surface area contributed by atoms with Crippen molar-refractivity contribution in [3.63, 3.8) is 0 Å². The van der Waals surface area contributed by atoms with Gasteiger partial charge in [-0.2, -0.15) is 0 Å². The molecule has 0 aromatic carbocycles. The quantitative estimate of drug-likeness (QED) is 0.646. The molecule has 2 heteroatoms. The van der Waals surface area contributed by atoms with Crippen molar-refractivity contribution in [2.24, 2.45) is 0 Å². The normalized spacial score (nSPS) is 9.80. The van der Waals surface area contributed by atoms with E-state index in [1.54, 1.807) is 12.3 Å². The zero-order valence-electron chi connectivity index (χ0n) is 5.62. The molecule has 52 valence electrons. The van der Waals surface area contributed by atoms with Gasteiger partial charge in [0.05, 0.1) is 0 Å². The Morgan fingerprint density at radius 2 is 2.40 bits per heavy atom. The minimum absolute atomic E-state index is 0.156. The van der Waals surface area contributed by atoms with Crippen LogP contribution in [-0.4, -0.2) is 16.7 Å². The summed E-state index contributed by atoms with van der Waals surface area (Å²) in [6, 6.07) is 3.60. The summed E-state index contributed by atoms with van der Waals surface area (Å²) in [6.07, 6.45) is 2.28. The van der Waals surface area contributed by atoms with Crippen molar-refractivity contribution in [2.45, 2.75) is 6.42 Å². The van der Waals surface area contributed by atoms with Gasteiger partial charge in [0.2, 0.25) is 0 Å². The van der Waals surface area contributed by atoms with E-state index in [0.29, 0.717) is 12.1 Å². The Balaban J connectivity index is 2.75. The van der Waals surface area contributed by atoms with E-state index in [2.05, 4.69) is 4.98 Å². The van der Waals surface area contributed by atoms with Crippen LogP contribution in [0.25, 0.3) is 0 Å². The van der Waals surface area contributed by atoms with Gasteiger partial charge in [0.15, 0.2) is 0 Å². The van der Waals surface area contributed by atoms with E-state index in [9.17, 15) is 0 Å². The van der Waals surface area contributed by atoms with Crippen LogP contribution in [0.4, 0.5) is 0 Å². The maximum Gasteiger partial charge on any atom is 0.0471 e. The predicted octanol–water partition coefficient (Wildman–Crippen LogP) is 0.676. The molecule has 1 aromatic heterocycles. The molecule has 2 radical (unpaired) electrons. The lowest BCUT2D eigenvalue weighted by atomic mass is 10.2. The topological polar surface area (TPSA) is 33.1 Å². The van der Waals surface area contributed by atoms with Crippen molar-refractivity contribution in [1.82, 2.24) is 4.98 Å². The lowest BCUT2D eigenvalue weighted by Gasteiger charge is -1.96. The van der Waals surface area contributed by atoms with E-state index in [-0.39, 0.29) is 6.61 Å². The van der Waals surface area contributed by atoms with Crippen molar-refractivity contribution < 1.29 is 5.11 Å². The molecule has 0 amide bonds. The Labute approximate surface area is 60.5 Å². The molecular formula is C8H9NO. The minimum atomic E-state index is 0.156. The molecule has 0 aliphatic carbocycles. The van der Waals surface area contributed by atoms with E-state index in [1.807, 2.05) is 6.07 Å². The van der Waals surface area contributed by atoms with Crippen LogP contribution in [0, 0.1) is 6.92 Å². The molecule has 0 aliphatic rings. The first kappa shape index (κ1) is 7.22. The number of rotatable bonds is 2. The highest BCUT2D eigenvalue weighted by molar-refractivity contribution is 5.17. The Bertz CT molecular complexity index is 210. The number of pyridine rings is 1. The molecular weight excluding hydrogens is 126 g/mol. The standard InChI is InChI=1S/C8H9NO/c1-7-6-8(3-5-10)2-4-9-7/h1-2,4,6,10H,3,5H2. The smallest absolute Gasteiger partial charge is 0.0471 e. The Hall–Kier alpha value is -0.890. The van der Waals surface area contributed by atoms with Gasteiger partial charge >= 0.3 is 0 Å². The van der Waals surface area contributed by atoms with E-state index in [0.717, 1.165) is 5.56 Å². The van der Waals surface area contributed by atoms with Crippen molar-refractivity contribution >= 4 is 0 Å². The maximum absolute atomic E-state index is 8.55. The molecule has 1 aromatic rings. The second kappa shape index (κ2) is 3.32. The zero-order chi connectivity index (χ0) is 7.40. The summed E-state index contributed by atoms with van der Waals surface area (Å²) >= 11 is 0. The van der Waals surface area contributed by atoms with Gasteiger partial charge in [-0.25, -0.2) is 0 Å². The average molecular weight is 135 g/mol. The number of aliphatic hydroxyl groups is 1. The number of aliphatic hydroxyl groups excluding tert-OH is 1. The molecule has 0 saturated carbocycles. The Morgan fingerprint density at radius 3 is 3.00 bits per heavy atom. The average Bonchev–Trinajstić information content (AvgIpc) is 1.88. The summed E-state index contributed by atoms with van der Waals surface area (Å²) in [7, 11) is 0. The van der Waals surface area contributed by atoms with Gasteiger partial charge in [-0.1, -0.05) is 0 Å². The molecule has 10 heavy (non-hydrogen) atoms. The fourth-order valence-electron chi connectivity index (χ4n) is 0.779. The van der Waals surface area contributed by atoms with Crippen LogP contribution in [0.15, 0.2) is 18.3 Å². The first-order chi connectivity index (χ1) is 4.83. The second-order valence-corrected chi connectivity index (χ2v) is 2.06. The van der Waals surface area contributed by atoms with Crippen molar-refractivity contribution in [3.8, 4) is 0 Å². The molecule has 0 unspecified atom stereocenters. The third-order valence-corrected chi connectivity index (χ3v) is 1.25. The van der Waals surface area contributed by atoms with Gasteiger partial charge < -0.3 is 5.11 Å². The van der Waals surface area contributed by atoms with Gasteiger partial charge in [0.1, 0.15) is 0 Å². The highest BCUT2D eigenvalue weighted by atomic mass is 16.2. The molecule has 0 atom stereocenters. The van der Waals surface area contributed by atoms with E-state index >= 15 is 0 Å². The highest BCUT2D eigenvalue weighted by Gasteiger charge is 1.90. The van der Waals surface area contributed by atoms with E-state index < -0.39 is 0 Å². The number of hydrogen-bond acceptors (Lipinski definition) is 2. The van der Waals surface area contributed by atoms with E-state index in [4.69, 9.17) is 12.0 Å². The van der Waals surface area contributed by atoms with E-state index in [1.165, 1.54) is 0 Å². The Kier molecular flexibility index (Phi) is 2.40. The summed E-state index contributed by atoms with van der Waals surface area (Å²) in [4.78, 5) is 3.82. The van der Waals surface area contributed by atoms with Gasteiger partial charge in [-0.3, -0.25) is 4.98 Å². The number of hydrogen-bond donors (Lipinski definition) is 1. The first-order valence-corrected chi connectivity index (χ1v) is 3.14. The highest BCUT2D eigenvalue weighted by Crippen LogP contribution is 2.00. The summed E-state index contributed by atoms with van der Waals surface area (Å²) < 4.78 is 0. The van der Waals surface area contributed by atoms with Crippen LogP contribution in [0.1, 0.15) is 11.3 Å². The second-order valence-electron chi connectivity index (χ2n) is 2.06. The molecule has 1 N–H and O–H groups in total. The Morgan fingerprint density at radius 1 is 1.60 bits per heavy atom. The monoisotopic (exact) mass is 135 g/mol. The fourth-order valence-corrected chi connectivity index (χ4v) is 0.779. The third-order valence-electron chi connectivity index (χ3n) is 1.25. The molecule has 2 nitrogen and oxygen atoms in total. The van der Waals surface area contributed by atoms with Crippen LogP contribution in [0.3, 0.4) is 0 Å². The SMILES string of the molecule is [CH]c1cc(CCO)ccn1. The molecule has 1 heterocycles. The predicted molar refractivity (Wildman–Crippen MR) is 38.4 cm³/mol. The largest absolute Gasteiger partial charge is 0.396 e. The number of aromatic nitrogens is 1. The summed E-state index contributed by atoms with van der Waals surface area (Å²) in [5.41, 5.74) is 1.53. The van der Waals surface area contributed by atoms with Crippen LogP contribution in [-0.2, 0) is 6.42 Å². The molecule has 1 rings (SSSR count). The molecule has 0 bridgehead atoms. The summed E-state index contributed by atoms with van der Waals surface area (Å²) in [5.74, 6) is 0. The van der Waals surface area contributed by atoms with Crippen molar-refractivity contribution in [1.29, 1.82) is 0 Å². The lowest BCUT2D eigenvalue weighted by Crippen LogP contribution is -1.91. The van der Waals surface area contributed by atoms with Crippen LogP contribution in [0.2, 0.25) is 0 Å². The molecule has 0 aliphatic heterocycles. The minimum Gasteiger partial charge on any atom is -0.396 e. The molecule has 0 saturated heterocycles. The van der Waals surface area contributed by atoms with Gasteiger partial charge in [0.25, 0.3) is 0 Å². The van der Waals surface area contributed by atoms with Crippen molar-refractivity contribution in [3.05, 3.63) is 36.5 Å². The summed E-state index contributed by atoms with van der Waals surface area (Å²) in [5, 5.41) is 8.55. The lowest BCUT2D eigenvalue weighted by molar-refractivity contribution is 0.299. The number of nitrogens with zero attached hydrogens (tertiary/aromatic N) is 1. The fraction of sp³-hybridized carbons (Fsp3) is 0.250. The molecule has 0 fully saturated rings. The maximum atomic E-state index is 8.55. The van der Waals surface area contributed by atoms with Gasteiger partial charge in [0, 0.05) is 25.4 Å². The van der Waals surface area contributed by atoms with Crippen LogP contribution < -0.4 is 0 Å². The van der Waals surface area contributed by atoms with Crippen molar-refractivity contribution in [2.75, 3.05) is 6.61 Å². The van der Waals surface area contributed by atoms with Crippen LogP contribution in [0.5, 0.6) is 0 Å². The van der Waals surface area contributed by atoms with Gasteiger partial charge in [-0.05, 0) is 24.1 Å². The van der Waals surface area contributed by atoms with Gasteiger partial charge in [-0.15, -0.1) is 0 Å². The van der Waals surface area contributed by atoms with Crippen LogP contribution >= 0.6 is 0 Å². The molecule has 0 spiro atoms. The third kappa shape index (κ3) is 1.81.